The maximum Gasteiger partial charge on any atom is 0.207 e. The highest BCUT2D eigenvalue weighted by Gasteiger charge is 2.27. The third-order valence-electron chi connectivity index (χ3n) is 7.00. The average Bonchev–Trinajstić information content (AvgIpc) is 3.13. The molecule has 0 saturated carbocycles. The van der Waals surface area contributed by atoms with Crippen LogP contribution < -0.4 is 18.9 Å². The summed E-state index contributed by atoms with van der Waals surface area (Å²) >= 11 is 0. The van der Waals surface area contributed by atoms with Crippen molar-refractivity contribution in [3.63, 3.8) is 0 Å². The van der Waals surface area contributed by atoms with Crippen molar-refractivity contribution in [2.45, 2.75) is 9.79 Å². The molecule has 0 heterocycles. The highest BCUT2D eigenvalue weighted by molar-refractivity contribution is 7.91. The van der Waals surface area contributed by atoms with Gasteiger partial charge in [0.1, 0.15) is 49.4 Å². The number of aliphatic hydroxyl groups excluding tert-OH is 4. The largest absolute Gasteiger partial charge is 0.491 e. The molecule has 13 heteroatoms. The number of ether oxygens (including phenoxy) is 6. The molecule has 4 aromatic carbocycles. The van der Waals surface area contributed by atoms with Gasteiger partial charge < -0.3 is 48.8 Å². The van der Waals surface area contributed by atoms with Gasteiger partial charge in [0.2, 0.25) is 9.84 Å². The predicted octanol–water partition coefficient (Wildman–Crippen LogP) is 3.37. The van der Waals surface area contributed by atoms with Crippen molar-refractivity contribution in [1.82, 2.24) is 0 Å². The summed E-state index contributed by atoms with van der Waals surface area (Å²) in [4.78, 5) is 0.0612. The summed E-state index contributed by atoms with van der Waals surface area (Å²) in [5.41, 5.74) is 1.94. The first kappa shape index (κ1) is 37.6. The van der Waals surface area contributed by atoms with Crippen molar-refractivity contribution in [2.75, 3.05) is 79.3 Å². The number of benzene rings is 4. The van der Waals surface area contributed by atoms with Crippen molar-refractivity contribution in [1.29, 1.82) is 0 Å². The summed E-state index contributed by atoms with van der Waals surface area (Å²) in [5.74, 6) is 1.88. The van der Waals surface area contributed by atoms with Gasteiger partial charge in [-0.2, -0.15) is 0 Å². The van der Waals surface area contributed by atoms with Crippen LogP contribution in [0, 0.1) is 0 Å². The van der Waals surface area contributed by atoms with Gasteiger partial charge in [-0.05, 0) is 71.8 Å². The fourth-order valence-corrected chi connectivity index (χ4v) is 6.46. The van der Waals surface area contributed by atoms with Crippen LogP contribution in [-0.4, -0.2) is 108 Å². The Bertz CT molecular complexity index is 1560. The van der Waals surface area contributed by atoms with Gasteiger partial charge >= 0.3 is 0 Å². The molecule has 0 aliphatic carbocycles. The third-order valence-corrected chi connectivity index (χ3v) is 8.87. The van der Waals surface area contributed by atoms with Crippen molar-refractivity contribution < 1.29 is 57.3 Å². The second kappa shape index (κ2) is 19.7. The van der Waals surface area contributed by atoms with E-state index in [9.17, 15) is 18.6 Å². The van der Waals surface area contributed by atoms with Crippen LogP contribution >= 0.6 is 0 Å². The van der Waals surface area contributed by atoms with E-state index in [1.807, 2.05) is 0 Å². The molecule has 0 aromatic heterocycles. The van der Waals surface area contributed by atoms with Gasteiger partial charge in [0.05, 0.1) is 62.6 Å². The fraction of sp³-hybridized carbons (Fsp3) is 0.333. The van der Waals surface area contributed by atoms with Crippen LogP contribution in [0.5, 0.6) is 23.0 Å². The van der Waals surface area contributed by atoms with E-state index in [0.717, 1.165) is 0 Å². The van der Waals surface area contributed by atoms with Gasteiger partial charge in [-0.15, -0.1) is 0 Å². The van der Waals surface area contributed by atoms with Crippen LogP contribution in [0.1, 0.15) is 0 Å². The molecule has 0 bridgehead atoms. The van der Waals surface area contributed by atoms with E-state index in [4.69, 9.17) is 38.6 Å². The predicted molar refractivity (Wildman–Crippen MR) is 181 cm³/mol. The highest BCUT2D eigenvalue weighted by atomic mass is 32.2. The van der Waals surface area contributed by atoms with Gasteiger partial charge in [-0.25, -0.2) is 8.42 Å². The number of aliphatic hydroxyl groups is 4. The Morgan fingerprint density at radius 3 is 1.12 bits per heavy atom. The normalized spacial score (nSPS) is 11.3. The van der Waals surface area contributed by atoms with Crippen LogP contribution in [0.15, 0.2) is 94.7 Å². The lowest BCUT2D eigenvalue weighted by atomic mass is 10.0. The number of hydrogen-bond acceptors (Lipinski definition) is 12. The first-order valence-electron chi connectivity index (χ1n) is 15.8. The van der Waals surface area contributed by atoms with Crippen LogP contribution in [0.4, 0.5) is 0 Å². The quantitative estimate of drug-likeness (QED) is 0.0885. The second-order valence-corrected chi connectivity index (χ2v) is 12.3. The molecule has 4 N–H and O–H groups in total. The van der Waals surface area contributed by atoms with E-state index >= 15 is 0 Å². The molecule has 0 aliphatic heterocycles. The Morgan fingerprint density at radius 2 is 0.755 bits per heavy atom. The van der Waals surface area contributed by atoms with Crippen molar-refractivity contribution in [3.05, 3.63) is 84.9 Å². The molecule has 0 fully saturated rings. The summed E-state index contributed by atoms with van der Waals surface area (Å²) < 4.78 is 62.3. The Labute approximate surface area is 285 Å². The monoisotopic (exact) mass is 698 g/mol. The van der Waals surface area contributed by atoms with Crippen LogP contribution in [-0.2, 0) is 19.3 Å². The molecule has 0 saturated heterocycles. The Balaban J connectivity index is 1.71. The summed E-state index contributed by atoms with van der Waals surface area (Å²) in [6.45, 7) is 1.09. The SMILES string of the molecule is O=S(=O)(c1ccc(OCCO)cc1-c1ccc(OCCOCCO)cc1)c1ccc(OCCO)cc1-c1ccc(OCCOCCO)cc1. The molecule has 0 radical (unpaired) electrons. The summed E-state index contributed by atoms with van der Waals surface area (Å²) in [6.07, 6.45) is 0. The van der Waals surface area contributed by atoms with Crippen LogP contribution in [0.25, 0.3) is 22.3 Å². The molecular formula is C36H42O12S. The third kappa shape index (κ3) is 10.9. The lowest BCUT2D eigenvalue weighted by Gasteiger charge is -2.17. The number of sulfone groups is 1. The average molecular weight is 699 g/mol. The zero-order valence-electron chi connectivity index (χ0n) is 27.0. The zero-order chi connectivity index (χ0) is 34.9. The summed E-state index contributed by atoms with van der Waals surface area (Å²) in [7, 11) is -4.18. The van der Waals surface area contributed by atoms with E-state index in [1.165, 1.54) is 12.1 Å². The van der Waals surface area contributed by atoms with E-state index in [2.05, 4.69) is 0 Å². The van der Waals surface area contributed by atoms with Crippen LogP contribution in [0.3, 0.4) is 0 Å². The molecule has 0 amide bonds. The maximum absolute atomic E-state index is 14.6. The van der Waals surface area contributed by atoms with Crippen molar-refractivity contribution >= 4 is 9.84 Å². The van der Waals surface area contributed by atoms with E-state index in [-0.39, 0.29) is 75.9 Å². The Hall–Kier alpha value is -4.21. The fourth-order valence-electron chi connectivity index (χ4n) is 4.79. The maximum atomic E-state index is 14.6. The second-order valence-electron chi connectivity index (χ2n) is 10.4. The zero-order valence-corrected chi connectivity index (χ0v) is 27.8. The molecule has 49 heavy (non-hydrogen) atoms. The standard InChI is InChI=1S/C36H42O12S/c37-13-17-43-21-23-47-29-5-1-27(2-6-29)33-25-31(45-19-15-39)9-11-35(33)49(41,42)36-12-10-32(46-20-16-40)26-34(36)28-3-7-30(8-4-28)48-24-22-44-18-14-38/h1-12,25-26,37-40H,13-24H2. The molecule has 4 rings (SSSR count). The Kier molecular flexibility index (Phi) is 15.1. The van der Waals surface area contributed by atoms with E-state index in [0.29, 0.717) is 58.5 Å². The molecule has 0 spiro atoms. The highest BCUT2D eigenvalue weighted by Crippen LogP contribution is 2.40. The van der Waals surface area contributed by atoms with E-state index < -0.39 is 9.84 Å². The van der Waals surface area contributed by atoms with E-state index in [1.54, 1.807) is 72.8 Å². The van der Waals surface area contributed by atoms with Crippen LogP contribution in [0.2, 0.25) is 0 Å². The minimum atomic E-state index is -4.18. The molecule has 4 aromatic rings. The Morgan fingerprint density at radius 1 is 0.408 bits per heavy atom. The van der Waals surface area contributed by atoms with Gasteiger partial charge in [-0.1, -0.05) is 24.3 Å². The molecule has 0 atom stereocenters. The van der Waals surface area contributed by atoms with Gasteiger partial charge in [0, 0.05) is 11.1 Å². The number of hydrogen-bond donors (Lipinski definition) is 4. The lowest BCUT2D eigenvalue weighted by Crippen LogP contribution is -2.09. The van der Waals surface area contributed by atoms with Crippen molar-refractivity contribution in [2.24, 2.45) is 0 Å². The minimum absolute atomic E-state index is 0.0306. The first-order valence-corrected chi connectivity index (χ1v) is 17.2. The number of rotatable bonds is 22. The minimum Gasteiger partial charge on any atom is -0.491 e. The smallest absolute Gasteiger partial charge is 0.207 e. The molecular weight excluding hydrogens is 656 g/mol. The molecule has 12 nitrogen and oxygen atoms in total. The molecule has 264 valence electrons. The summed E-state index contributed by atoms with van der Waals surface area (Å²) in [5, 5.41) is 36.3. The lowest BCUT2D eigenvalue weighted by molar-refractivity contribution is 0.0705. The van der Waals surface area contributed by atoms with Gasteiger partial charge in [0.15, 0.2) is 0 Å². The van der Waals surface area contributed by atoms with Crippen molar-refractivity contribution in [3.8, 4) is 45.3 Å². The summed E-state index contributed by atoms with van der Waals surface area (Å²) in [6, 6.07) is 23.2. The van der Waals surface area contributed by atoms with Gasteiger partial charge in [0.25, 0.3) is 0 Å². The first-order chi connectivity index (χ1) is 23.9. The molecule has 0 unspecified atom stereocenters. The van der Waals surface area contributed by atoms with Gasteiger partial charge in [-0.3, -0.25) is 0 Å². The molecule has 0 aliphatic rings. The topological polar surface area (TPSA) is 170 Å².